The molecule has 0 atom stereocenters. The smallest absolute Gasteiger partial charge is 0.261 e. The molecule has 0 spiro atoms. The number of unbranched alkanes of at least 4 members (excludes halogenated alkanes) is 1. The first-order valence-electron chi connectivity index (χ1n) is 5.45. The number of rotatable bonds is 4. The van der Waals surface area contributed by atoms with Gasteiger partial charge in [0.05, 0.1) is 6.26 Å². The van der Waals surface area contributed by atoms with E-state index in [-0.39, 0.29) is 0 Å². The molecular weight excluding hydrogens is 226 g/mol. The van der Waals surface area contributed by atoms with Crippen molar-refractivity contribution >= 4 is 10.1 Å². The Hall–Kier alpha value is -0.810. The van der Waals surface area contributed by atoms with E-state index in [1.54, 1.807) is 0 Å². The van der Waals surface area contributed by atoms with Crippen LogP contribution in [0, 0.1) is 0 Å². The number of nitrogens with zero attached hydrogens (tertiary/aromatic N) is 1. The Bertz CT molecular complexity index is 374. The van der Waals surface area contributed by atoms with Gasteiger partial charge < -0.3 is 4.57 Å². The van der Waals surface area contributed by atoms with E-state index in [2.05, 4.69) is 36.7 Å². The zero-order chi connectivity index (χ0) is 12.6. The predicted octanol–water partition coefficient (Wildman–Crippen LogP) is 2.35. The molecule has 0 unspecified atom stereocenters. The van der Waals surface area contributed by atoms with Gasteiger partial charge in [0.2, 0.25) is 0 Å². The quantitative estimate of drug-likeness (QED) is 0.831. The second-order valence-electron chi connectivity index (χ2n) is 3.62. The van der Waals surface area contributed by atoms with Crippen molar-refractivity contribution in [1.82, 2.24) is 4.57 Å². The third-order valence-corrected chi connectivity index (χ3v) is 2.05. The van der Waals surface area contributed by atoms with Crippen LogP contribution < -0.4 is 0 Å². The number of hydrogen-bond donors (Lipinski definition) is 1. The zero-order valence-electron chi connectivity index (χ0n) is 10.2. The van der Waals surface area contributed by atoms with Crippen molar-refractivity contribution in [1.29, 1.82) is 0 Å². The van der Waals surface area contributed by atoms with E-state index in [0.717, 1.165) is 6.54 Å². The Morgan fingerprint density at radius 3 is 2.38 bits per heavy atom. The highest BCUT2D eigenvalue weighted by Crippen LogP contribution is 2.06. The van der Waals surface area contributed by atoms with Gasteiger partial charge in [-0.3, -0.25) is 4.55 Å². The summed E-state index contributed by atoms with van der Waals surface area (Å²) in [5.41, 5.74) is 1.48. The number of hydrogen-bond acceptors (Lipinski definition) is 2. The minimum absolute atomic E-state index is 0.715. The summed E-state index contributed by atoms with van der Waals surface area (Å²) in [5.74, 6) is 0. The van der Waals surface area contributed by atoms with Crippen molar-refractivity contribution in [2.45, 2.75) is 39.7 Å². The predicted molar refractivity (Wildman–Crippen MR) is 66.2 cm³/mol. The molecule has 0 radical (unpaired) electrons. The summed E-state index contributed by atoms with van der Waals surface area (Å²) in [7, 11) is -3.67. The molecule has 1 N–H and O–H groups in total. The molecule has 0 saturated carbocycles. The van der Waals surface area contributed by atoms with Crippen LogP contribution in [0.1, 0.15) is 32.4 Å². The van der Waals surface area contributed by atoms with Crippen LogP contribution in [0.5, 0.6) is 0 Å². The number of aromatic nitrogens is 1. The fraction of sp³-hybridized carbons (Fsp3) is 0.636. The van der Waals surface area contributed by atoms with Crippen molar-refractivity contribution in [2.24, 2.45) is 0 Å². The molecule has 1 rings (SSSR count). The molecule has 0 aliphatic rings. The third-order valence-electron chi connectivity index (χ3n) is 2.05. The van der Waals surface area contributed by atoms with Crippen LogP contribution in [-0.4, -0.2) is 23.8 Å². The summed E-state index contributed by atoms with van der Waals surface area (Å²) in [6.07, 6.45) is 6.70. The molecule has 1 heterocycles. The van der Waals surface area contributed by atoms with Gasteiger partial charge in [-0.2, -0.15) is 8.42 Å². The minimum Gasteiger partial charge on any atom is -0.352 e. The van der Waals surface area contributed by atoms with E-state index in [1.807, 2.05) is 0 Å². The molecule has 94 valence electrons. The highest BCUT2D eigenvalue weighted by atomic mass is 32.2. The Balaban J connectivity index is 0.000000385. The summed E-state index contributed by atoms with van der Waals surface area (Å²) in [4.78, 5) is 0. The van der Waals surface area contributed by atoms with Gasteiger partial charge in [-0.1, -0.05) is 13.3 Å². The maximum absolute atomic E-state index is 9.19. The fourth-order valence-electron chi connectivity index (χ4n) is 1.34. The van der Waals surface area contributed by atoms with Crippen LogP contribution in [0.25, 0.3) is 0 Å². The Labute approximate surface area is 98.0 Å². The molecule has 0 fully saturated rings. The van der Waals surface area contributed by atoms with Gasteiger partial charge in [0.1, 0.15) is 0 Å². The average Bonchev–Trinajstić information content (AvgIpc) is 2.59. The monoisotopic (exact) mass is 247 g/mol. The van der Waals surface area contributed by atoms with Crippen molar-refractivity contribution in [3.63, 3.8) is 0 Å². The first-order valence-corrected chi connectivity index (χ1v) is 7.29. The lowest BCUT2D eigenvalue weighted by atomic mass is 10.2. The van der Waals surface area contributed by atoms with Crippen LogP contribution in [0.3, 0.4) is 0 Å². The van der Waals surface area contributed by atoms with Crippen LogP contribution in [0.4, 0.5) is 0 Å². The maximum atomic E-state index is 9.19. The van der Waals surface area contributed by atoms with Crippen molar-refractivity contribution in [2.75, 3.05) is 6.26 Å². The van der Waals surface area contributed by atoms with Gasteiger partial charge >= 0.3 is 0 Å². The van der Waals surface area contributed by atoms with E-state index in [0.29, 0.717) is 6.26 Å². The van der Waals surface area contributed by atoms with Gasteiger partial charge in [-0.15, -0.1) is 0 Å². The molecule has 0 amide bonds. The molecule has 16 heavy (non-hydrogen) atoms. The highest BCUT2D eigenvalue weighted by molar-refractivity contribution is 7.85. The van der Waals surface area contributed by atoms with Gasteiger partial charge in [0, 0.05) is 18.4 Å². The van der Waals surface area contributed by atoms with Crippen molar-refractivity contribution in [3.05, 3.63) is 24.0 Å². The van der Waals surface area contributed by atoms with E-state index in [9.17, 15) is 8.42 Å². The SMILES string of the molecule is CCCCc1cccn1CC.CS(=O)(=O)O. The Morgan fingerprint density at radius 1 is 1.38 bits per heavy atom. The van der Waals surface area contributed by atoms with E-state index >= 15 is 0 Å². The molecule has 0 saturated heterocycles. The van der Waals surface area contributed by atoms with Gasteiger partial charge in [-0.25, -0.2) is 0 Å². The van der Waals surface area contributed by atoms with Gasteiger partial charge in [0.15, 0.2) is 0 Å². The van der Waals surface area contributed by atoms with Crippen LogP contribution in [0.2, 0.25) is 0 Å². The molecule has 0 aromatic carbocycles. The van der Waals surface area contributed by atoms with E-state index in [1.165, 1.54) is 25.0 Å². The zero-order valence-corrected chi connectivity index (χ0v) is 11.0. The summed E-state index contributed by atoms with van der Waals surface area (Å²) in [6, 6.07) is 4.35. The normalized spacial score (nSPS) is 10.8. The Morgan fingerprint density at radius 2 is 1.94 bits per heavy atom. The standard InChI is InChI=1S/C10H17N.CH4O3S/c1-3-5-7-10-8-6-9-11(10)4-2;1-5(2,3)4/h6,8-9H,3-5,7H2,1-2H3;1H3,(H,2,3,4). The van der Waals surface area contributed by atoms with E-state index < -0.39 is 10.1 Å². The molecule has 5 heteroatoms. The number of aryl methyl sites for hydroxylation is 2. The highest BCUT2D eigenvalue weighted by Gasteiger charge is 1.96. The molecule has 4 nitrogen and oxygen atoms in total. The molecule has 0 bridgehead atoms. The molecule has 1 aromatic heterocycles. The lowest BCUT2D eigenvalue weighted by Gasteiger charge is -2.04. The van der Waals surface area contributed by atoms with Crippen LogP contribution in [-0.2, 0) is 23.1 Å². The van der Waals surface area contributed by atoms with E-state index in [4.69, 9.17) is 4.55 Å². The third kappa shape index (κ3) is 8.49. The minimum atomic E-state index is -3.67. The summed E-state index contributed by atoms with van der Waals surface area (Å²) in [6.45, 7) is 5.53. The van der Waals surface area contributed by atoms with Gasteiger partial charge in [0.25, 0.3) is 10.1 Å². The molecule has 0 aliphatic carbocycles. The summed E-state index contributed by atoms with van der Waals surface area (Å²) >= 11 is 0. The lowest BCUT2D eigenvalue weighted by molar-refractivity contribution is 0.490. The fourth-order valence-corrected chi connectivity index (χ4v) is 1.34. The van der Waals surface area contributed by atoms with Crippen LogP contribution in [0.15, 0.2) is 18.3 Å². The van der Waals surface area contributed by atoms with Crippen LogP contribution >= 0.6 is 0 Å². The van der Waals surface area contributed by atoms with Crippen molar-refractivity contribution in [3.8, 4) is 0 Å². The second-order valence-corrected chi connectivity index (χ2v) is 5.09. The summed E-state index contributed by atoms with van der Waals surface area (Å²) < 4.78 is 28.2. The van der Waals surface area contributed by atoms with Gasteiger partial charge in [-0.05, 0) is 31.9 Å². The molecular formula is C11H21NO3S. The lowest BCUT2D eigenvalue weighted by Crippen LogP contribution is -1.98. The largest absolute Gasteiger partial charge is 0.352 e. The first-order chi connectivity index (χ1) is 7.38. The Kier molecular flexibility index (Phi) is 7.08. The average molecular weight is 247 g/mol. The molecule has 0 aliphatic heterocycles. The maximum Gasteiger partial charge on any atom is 0.261 e. The summed E-state index contributed by atoms with van der Waals surface area (Å²) in [5, 5.41) is 0. The molecule has 1 aromatic rings. The second kappa shape index (κ2) is 7.46. The van der Waals surface area contributed by atoms with Crippen molar-refractivity contribution < 1.29 is 13.0 Å². The topological polar surface area (TPSA) is 59.3 Å². The first kappa shape index (κ1) is 15.2.